The summed E-state index contributed by atoms with van der Waals surface area (Å²) in [6.45, 7) is 6.48. The second kappa shape index (κ2) is 5.41. The van der Waals surface area contributed by atoms with E-state index in [1.807, 2.05) is 24.3 Å². The molecule has 0 saturated heterocycles. The van der Waals surface area contributed by atoms with Crippen LogP contribution in [0.3, 0.4) is 0 Å². The lowest BCUT2D eigenvalue weighted by Crippen LogP contribution is -2.29. The van der Waals surface area contributed by atoms with Gasteiger partial charge in [-0.05, 0) is 42.4 Å². The fourth-order valence-corrected chi connectivity index (χ4v) is 2.60. The molecule has 2 aliphatic carbocycles. The van der Waals surface area contributed by atoms with E-state index >= 15 is 0 Å². The minimum atomic E-state index is -0.166. The van der Waals surface area contributed by atoms with Crippen molar-refractivity contribution in [1.29, 1.82) is 0 Å². The van der Waals surface area contributed by atoms with Crippen LogP contribution in [0.5, 0.6) is 0 Å². The molecule has 2 saturated carbocycles. The van der Waals surface area contributed by atoms with Crippen LogP contribution in [0.25, 0.3) is 0 Å². The summed E-state index contributed by atoms with van der Waals surface area (Å²) in [7, 11) is 0. The fraction of sp³-hybridized carbons (Fsp3) is 0.556. The number of hydrogen-bond acceptors (Lipinski definition) is 2. The summed E-state index contributed by atoms with van der Waals surface area (Å²) in [5.41, 5.74) is 2.13. The first-order valence-corrected chi connectivity index (χ1v) is 8.06. The van der Waals surface area contributed by atoms with Gasteiger partial charge in [-0.25, -0.2) is 0 Å². The highest BCUT2D eigenvalue weighted by Crippen LogP contribution is 2.40. The molecule has 0 radical (unpaired) electrons. The average Bonchev–Trinajstić information content (AvgIpc) is 3.32. The van der Waals surface area contributed by atoms with E-state index in [2.05, 4.69) is 31.4 Å². The molecule has 4 nitrogen and oxygen atoms in total. The Hall–Kier alpha value is -1.84. The number of benzene rings is 1. The Kier molecular flexibility index (Phi) is 3.71. The first kappa shape index (κ1) is 15.1. The molecule has 0 aromatic heterocycles. The first-order chi connectivity index (χ1) is 10.3. The maximum absolute atomic E-state index is 12.2. The number of nitrogens with one attached hydrogen (secondary N) is 2. The van der Waals surface area contributed by atoms with Gasteiger partial charge in [-0.1, -0.05) is 32.9 Å². The van der Waals surface area contributed by atoms with Gasteiger partial charge in [-0.3, -0.25) is 9.59 Å². The van der Waals surface area contributed by atoms with Crippen LogP contribution in [0.2, 0.25) is 0 Å². The van der Waals surface area contributed by atoms with Crippen LogP contribution >= 0.6 is 0 Å². The predicted octanol–water partition coefficient (Wildman–Crippen LogP) is 2.84. The maximum atomic E-state index is 12.2. The minimum Gasteiger partial charge on any atom is -0.353 e. The highest BCUT2D eigenvalue weighted by Gasteiger charge is 2.48. The molecule has 118 valence electrons. The molecule has 0 bridgehead atoms. The van der Waals surface area contributed by atoms with Crippen molar-refractivity contribution in [3.63, 3.8) is 0 Å². The van der Waals surface area contributed by atoms with Crippen molar-refractivity contribution in [2.45, 2.75) is 51.5 Å². The van der Waals surface area contributed by atoms with Crippen LogP contribution in [0.4, 0.5) is 5.69 Å². The second-order valence-corrected chi connectivity index (χ2v) is 7.55. The van der Waals surface area contributed by atoms with Crippen LogP contribution in [0.15, 0.2) is 24.3 Å². The summed E-state index contributed by atoms with van der Waals surface area (Å²) in [6, 6.07) is 8.31. The Morgan fingerprint density at radius 2 is 1.59 bits per heavy atom. The molecule has 1 aromatic rings. The molecule has 2 N–H and O–H groups in total. The van der Waals surface area contributed by atoms with Crippen molar-refractivity contribution in [2.24, 2.45) is 11.8 Å². The lowest BCUT2D eigenvalue weighted by Gasteiger charge is -2.19. The molecule has 2 fully saturated rings. The average molecular weight is 300 g/mol. The molecule has 0 spiro atoms. The van der Waals surface area contributed by atoms with Gasteiger partial charge in [-0.2, -0.15) is 0 Å². The summed E-state index contributed by atoms with van der Waals surface area (Å²) in [5.74, 6) is -0.291. The van der Waals surface area contributed by atoms with E-state index in [0.717, 1.165) is 18.5 Å². The molecule has 4 heteroatoms. The normalized spacial score (nSPS) is 23.8. The first-order valence-electron chi connectivity index (χ1n) is 8.06. The Morgan fingerprint density at radius 1 is 1.00 bits per heavy atom. The van der Waals surface area contributed by atoms with Crippen molar-refractivity contribution >= 4 is 17.5 Å². The van der Waals surface area contributed by atoms with Crippen molar-refractivity contribution in [3.05, 3.63) is 29.8 Å². The predicted molar refractivity (Wildman–Crippen MR) is 86.5 cm³/mol. The summed E-state index contributed by atoms with van der Waals surface area (Å²) in [4.78, 5) is 24.1. The number of anilines is 1. The van der Waals surface area contributed by atoms with Gasteiger partial charge in [0.05, 0.1) is 11.8 Å². The third kappa shape index (κ3) is 3.49. The smallest absolute Gasteiger partial charge is 0.228 e. The van der Waals surface area contributed by atoms with Gasteiger partial charge >= 0.3 is 0 Å². The van der Waals surface area contributed by atoms with Gasteiger partial charge < -0.3 is 10.6 Å². The van der Waals surface area contributed by atoms with Crippen LogP contribution in [-0.2, 0) is 15.0 Å². The number of hydrogen-bond donors (Lipinski definition) is 2. The molecule has 1 aromatic carbocycles. The van der Waals surface area contributed by atoms with Crippen LogP contribution in [0.1, 0.15) is 45.6 Å². The van der Waals surface area contributed by atoms with E-state index in [-0.39, 0.29) is 29.1 Å². The van der Waals surface area contributed by atoms with Gasteiger partial charge in [-0.15, -0.1) is 0 Å². The van der Waals surface area contributed by atoms with E-state index in [1.165, 1.54) is 5.56 Å². The van der Waals surface area contributed by atoms with Gasteiger partial charge in [0.2, 0.25) is 11.8 Å². The zero-order valence-electron chi connectivity index (χ0n) is 13.5. The SMILES string of the molecule is CC(C)(C)c1ccc(NC(=O)C2CC2C(=O)NC2CC2)cc1. The third-order valence-corrected chi connectivity index (χ3v) is 4.41. The van der Waals surface area contributed by atoms with Crippen molar-refractivity contribution in [2.75, 3.05) is 5.32 Å². The summed E-state index contributed by atoms with van der Waals surface area (Å²) in [6.07, 6.45) is 2.83. The van der Waals surface area contributed by atoms with E-state index in [1.54, 1.807) is 0 Å². The van der Waals surface area contributed by atoms with E-state index < -0.39 is 0 Å². The van der Waals surface area contributed by atoms with E-state index in [4.69, 9.17) is 0 Å². The molecule has 0 heterocycles. The van der Waals surface area contributed by atoms with Gasteiger partial charge in [0.1, 0.15) is 0 Å². The number of carbonyl (C=O) groups is 2. The minimum absolute atomic E-state index is 0.0422. The van der Waals surface area contributed by atoms with Crippen molar-refractivity contribution in [3.8, 4) is 0 Å². The third-order valence-electron chi connectivity index (χ3n) is 4.41. The topological polar surface area (TPSA) is 58.2 Å². The maximum Gasteiger partial charge on any atom is 0.228 e. The molecule has 22 heavy (non-hydrogen) atoms. The lowest BCUT2D eigenvalue weighted by atomic mass is 9.87. The highest BCUT2D eigenvalue weighted by molar-refractivity contribution is 5.99. The summed E-state index contributed by atoms with van der Waals surface area (Å²) in [5, 5.41) is 5.89. The fourth-order valence-electron chi connectivity index (χ4n) is 2.60. The Morgan fingerprint density at radius 3 is 2.14 bits per heavy atom. The molecule has 2 atom stereocenters. The van der Waals surface area contributed by atoms with Crippen molar-refractivity contribution in [1.82, 2.24) is 5.32 Å². The zero-order valence-corrected chi connectivity index (χ0v) is 13.5. The zero-order chi connectivity index (χ0) is 15.9. The molecule has 2 amide bonds. The van der Waals surface area contributed by atoms with E-state index in [9.17, 15) is 9.59 Å². The standard InChI is InChI=1S/C18H24N2O2/c1-18(2,3)11-4-6-12(7-5-11)19-16(21)14-10-15(14)17(22)20-13-8-9-13/h4-7,13-15H,8-10H2,1-3H3,(H,19,21)(H,20,22). The van der Waals surface area contributed by atoms with Crippen molar-refractivity contribution < 1.29 is 9.59 Å². The molecule has 0 aliphatic heterocycles. The molecular formula is C18H24N2O2. The Bertz CT molecular complexity index is 582. The van der Waals surface area contributed by atoms with Crippen LogP contribution < -0.4 is 10.6 Å². The van der Waals surface area contributed by atoms with Crippen LogP contribution in [0, 0.1) is 11.8 Å². The second-order valence-electron chi connectivity index (χ2n) is 7.55. The number of carbonyl (C=O) groups excluding carboxylic acids is 2. The van der Waals surface area contributed by atoms with Crippen LogP contribution in [-0.4, -0.2) is 17.9 Å². The number of amides is 2. The molecule has 2 unspecified atom stereocenters. The van der Waals surface area contributed by atoms with Gasteiger partial charge in [0.25, 0.3) is 0 Å². The van der Waals surface area contributed by atoms with Gasteiger partial charge in [0.15, 0.2) is 0 Å². The largest absolute Gasteiger partial charge is 0.353 e. The highest BCUT2D eigenvalue weighted by atomic mass is 16.2. The monoisotopic (exact) mass is 300 g/mol. The number of rotatable bonds is 4. The Labute approximate surface area is 131 Å². The quantitative estimate of drug-likeness (QED) is 0.898. The van der Waals surface area contributed by atoms with E-state index in [0.29, 0.717) is 12.5 Å². The Balaban J connectivity index is 1.53. The summed E-state index contributed by atoms with van der Waals surface area (Å²) >= 11 is 0. The summed E-state index contributed by atoms with van der Waals surface area (Å²) < 4.78 is 0. The van der Waals surface area contributed by atoms with Gasteiger partial charge in [0, 0.05) is 11.7 Å². The lowest BCUT2D eigenvalue weighted by molar-refractivity contribution is -0.125. The molecule has 3 rings (SSSR count). The molecule has 2 aliphatic rings. The molecular weight excluding hydrogens is 276 g/mol.